The Morgan fingerprint density at radius 1 is 1.21 bits per heavy atom. The van der Waals surface area contributed by atoms with Crippen LogP contribution in [0.2, 0.25) is 0 Å². The van der Waals surface area contributed by atoms with E-state index in [1.165, 1.54) is 23.5 Å². The van der Waals surface area contributed by atoms with Crippen LogP contribution in [0.1, 0.15) is 11.1 Å². The zero-order valence-electron chi connectivity index (χ0n) is 15.3. The lowest BCUT2D eigenvalue weighted by molar-refractivity contribution is -0.118. The van der Waals surface area contributed by atoms with Crippen LogP contribution < -0.4 is 10.1 Å². The lowest BCUT2D eigenvalue weighted by Crippen LogP contribution is -2.21. The predicted octanol–water partition coefficient (Wildman–Crippen LogP) is 4.23. The van der Waals surface area contributed by atoms with Crippen molar-refractivity contribution in [3.63, 3.8) is 0 Å². The molecule has 2 aromatic carbocycles. The zero-order chi connectivity index (χ0) is 19.7. The van der Waals surface area contributed by atoms with Crippen LogP contribution in [0.5, 0.6) is 5.75 Å². The first-order chi connectivity index (χ1) is 13.5. The molecule has 0 radical (unpaired) electrons. The normalized spacial score (nSPS) is 11.0. The number of halogens is 1. The summed E-state index contributed by atoms with van der Waals surface area (Å²) in [5.74, 6) is 0.217. The number of fused-ring (bicyclic) bond motifs is 1. The topological polar surface area (TPSA) is 68.5 Å². The van der Waals surface area contributed by atoms with Crippen molar-refractivity contribution < 1.29 is 13.9 Å². The average Bonchev–Trinajstić information content (AvgIpc) is 3.22. The maximum absolute atomic E-state index is 13.1. The molecule has 0 aliphatic carbocycles. The van der Waals surface area contributed by atoms with Crippen molar-refractivity contribution in [3.8, 4) is 17.0 Å². The Bertz CT molecular complexity index is 1150. The molecule has 2 heterocycles. The van der Waals surface area contributed by atoms with Crippen LogP contribution in [0, 0.1) is 19.7 Å². The van der Waals surface area contributed by atoms with E-state index in [1.54, 1.807) is 16.6 Å². The number of carbonyl (C=O) groups excluding carboxylic acids is 1. The van der Waals surface area contributed by atoms with Gasteiger partial charge >= 0.3 is 0 Å². The quantitative estimate of drug-likeness (QED) is 0.548. The van der Waals surface area contributed by atoms with Gasteiger partial charge in [-0.3, -0.25) is 10.1 Å². The molecule has 0 aliphatic rings. The summed E-state index contributed by atoms with van der Waals surface area (Å²) in [6, 6.07) is 11.9. The van der Waals surface area contributed by atoms with Gasteiger partial charge in [-0.15, -0.1) is 16.4 Å². The van der Waals surface area contributed by atoms with Gasteiger partial charge in [0.1, 0.15) is 11.6 Å². The van der Waals surface area contributed by atoms with Crippen molar-refractivity contribution in [1.82, 2.24) is 14.6 Å². The molecule has 4 aromatic rings. The van der Waals surface area contributed by atoms with Gasteiger partial charge in [-0.25, -0.2) is 8.91 Å². The van der Waals surface area contributed by atoms with Crippen LogP contribution >= 0.6 is 11.3 Å². The molecule has 1 N–H and O–H groups in total. The molecule has 1 amide bonds. The highest BCUT2D eigenvalue weighted by molar-refractivity contribution is 7.15. The Labute approximate surface area is 164 Å². The van der Waals surface area contributed by atoms with E-state index in [2.05, 4.69) is 15.4 Å². The first-order valence-electron chi connectivity index (χ1n) is 8.60. The third-order valence-electron chi connectivity index (χ3n) is 4.16. The van der Waals surface area contributed by atoms with Crippen molar-refractivity contribution in [2.45, 2.75) is 13.8 Å². The number of benzene rings is 2. The second-order valence-corrected chi connectivity index (χ2v) is 7.20. The van der Waals surface area contributed by atoms with E-state index >= 15 is 0 Å². The minimum Gasteiger partial charge on any atom is -0.483 e. The monoisotopic (exact) mass is 396 g/mol. The molecule has 0 aliphatic heterocycles. The molecule has 0 spiro atoms. The maximum Gasteiger partial charge on any atom is 0.264 e. The smallest absolute Gasteiger partial charge is 0.264 e. The van der Waals surface area contributed by atoms with E-state index in [0.29, 0.717) is 10.7 Å². The van der Waals surface area contributed by atoms with Gasteiger partial charge < -0.3 is 4.74 Å². The van der Waals surface area contributed by atoms with Gasteiger partial charge in [0.05, 0.1) is 5.69 Å². The number of hydrogen-bond donors (Lipinski definition) is 1. The Kier molecular flexibility index (Phi) is 4.79. The molecule has 0 atom stereocenters. The molecule has 0 saturated heterocycles. The highest BCUT2D eigenvalue weighted by Crippen LogP contribution is 2.26. The van der Waals surface area contributed by atoms with Crippen LogP contribution in [0.25, 0.3) is 16.2 Å². The number of nitrogens with zero attached hydrogens (tertiary/aromatic N) is 3. The number of aryl methyl sites for hydroxylation is 2. The van der Waals surface area contributed by atoms with Crippen LogP contribution in [0.3, 0.4) is 0 Å². The maximum atomic E-state index is 13.1. The molecule has 6 nitrogen and oxygen atoms in total. The Hall–Kier alpha value is -3.26. The lowest BCUT2D eigenvalue weighted by atomic mass is 10.1. The van der Waals surface area contributed by atoms with Gasteiger partial charge in [-0.1, -0.05) is 17.7 Å². The van der Waals surface area contributed by atoms with Crippen molar-refractivity contribution in [2.24, 2.45) is 0 Å². The number of nitrogens with one attached hydrogen (secondary N) is 1. The second-order valence-electron chi connectivity index (χ2n) is 6.36. The summed E-state index contributed by atoms with van der Waals surface area (Å²) in [4.78, 5) is 17.1. The fourth-order valence-corrected chi connectivity index (χ4v) is 3.65. The summed E-state index contributed by atoms with van der Waals surface area (Å²) >= 11 is 1.39. The highest BCUT2D eigenvalue weighted by Gasteiger charge is 2.14. The van der Waals surface area contributed by atoms with Gasteiger partial charge in [-0.05, 0) is 49.7 Å². The summed E-state index contributed by atoms with van der Waals surface area (Å²) in [6.45, 7) is 3.80. The molecule has 4 rings (SSSR count). The fourth-order valence-electron chi connectivity index (χ4n) is 2.82. The molecule has 28 heavy (non-hydrogen) atoms. The molecule has 8 heteroatoms. The van der Waals surface area contributed by atoms with Gasteiger partial charge in [-0.2, -0.15) is 4.98 Å². The SMILES string of the molecule is Cc1ccc(OCC(=O)Nc2nc3scc(-c4ccc(F)cc4)n3n2)c(C)c1. The average molecular weight is 396 g/mol. The summed E-state index contributed by atoms with van der Waals surface area (Å²) in [7, 11) is 0. The first kappa shape index (κ1) is 18.1. The predicted molar refractivity (Wildman–Crippen MR) is 106 cm³/mol. The fraction of sp³-hybridized carbons (Fsp3) is 0.150. The largest absolute Gasteiger partial charge is 0.483 e. The molecule has 0 fully saturated rings. The van der Waals surface area contributed by atoms with Crippen LogP contribution in [0.4, 0.5) is 10.3 Å². The Morgan fingerprint density at radius 3 is 2.75 bits per heavy atom. The van der Waals surface area contributed by atoms with Gasteiger partial charge in [0.25, 0.3) is 11.9 Å². The lowest BCUT2D eigenvalue weighted by Gasteiger charge is -2.09. The number of amides is 1. The number of aromatic nitrogens is 3. The number of thiazole rings is 1. The summed E-state index contributed by atoms with van der Waals surface area (Å²) < 4.78 is 20.3. The Morgan fingerprint density at radius 2 is 2.00 bits per heavy atom. The van der Waals surface area contributed by atoms with Crippen molar-refractivity contribution in [2.75, 3.05) is 11.9 Å². The van der Waals surface area contributed by atoms with Crippen molar-refractivity contribution in [3.05, 3.63) is 64.8 Å². The van der Waals surface area contributed by atoms with E-state index < -0.39 is 0 Å². The number of hydrogen-bond acceptors (Lipinski definition) is 5. The van der Waals surface area contributed by atoms with Crippen molar-refractivity contribution in [1.29, 1.82) is 0 Å². The van der Waals surface area contributed by atoms with E-state index in [4.69, 9.17) is 4.74 Å². The minimum absolute atomic E-state index is 0.137. The number of ether oxygens (including phenoxy) is 1. The van der Waals surface area contributed by atoms with Gasteiger partial charge in [0.15, 0.2) is 6.61 Å². The molecule has 0 bridgehead atoms. The van der Waals surface area contributed by atoms with E-state index in [9.17, 15) is 9.18 Å². The summed E-state index contributed by atoms with van der Waals surface area (Å²) in [5.41, 5.74) is 3.69. The molecule has 0 unspecified atom stereocenters. The Balaban J connectivity index is 1.46. The van der Waals surface area contributed by atoms with E-state index in [1.807, 2.05) is 37.4 Å². The number of rotatable bonds is 5. The van der Waals surface area contributed by atoms with Gasteiger partial charge in [0, 0.05) is 10.9 Å². The molecular formula is C20H17FN4O2S. The molecule has 2 aromatic heterocycles. The third-order valence-corrected chi connectivity index (χ3v) is 4.98. The highest BCUT2D eigenvalue weighted by atomic mass is 32.1. The standard InChI is InChI=1S/C20H17FN4O2S/c1-12-3-8-17(13(2)9-12)27-10-18(26)22-19-23-20-25(24-19)16(11-28-20)14-4-6-15(21)7-5-14/h3-9,11H,10H2,1-2H3,(H,22,24,26). The number of anilines is 1. The first-order valence-corrected chi connectivity index (χ1v) is 9.48. The summed E-state index contributed by atoms with van der Waals surface area (Å²) in [5, 5.41) is 8.86. The van der Waals surface area contributed by atoms with Crippen LogP contribution in [-0.2, 0) is 4.79 Å². The minimum atomic E-state index is -0.346. The van der Waals surface area contributed by atoms with E-state index in [-0.39, 0.29) is 24.3 Å². The third kappa shape index (κ3) is 3.72. The second kappa shape index (κ2) is 7.40. The molecular weight excluding hydrogens is 379 g/mol. The van der Waals surface area contributed by atoms with Gasteiger partial charge in [0.2, 0.25) is 4.96 Å². The van der Waals surface area contributed by atoms with Crippen molar-refractivity contribution >= 4 is 28.2 Å². The molecule has 142 valence electrons. The van der Waals surface area contributed by atoms with Crippen LogP contribution in [0.15, 0.2) is 47.8 Å². The molecule has 0 saturated carbocycles. The number of carbonyl (C=O) groups is 1. The van der Waals surface area contributed by atoms with E-state index in [0.717, 1.165) is 22.4 Å². The summed E-state index contributed by atoms with van der Waals surface area (Å²) in [6.07, 6.45) is 0. The van der Waals surface area contributed by atoms with Crippen LogP contribution in [-0.4, -0.2) is 27.1 Å². The zero-order valence-corrected chi connectivity index (χ0v) is 16.1.